The predicted molar refractivity (Wildman–Crippen MR) is 67.8 cm³/mol. The number of imidazole rings is 1. The zero-order valence-electron chi connectivity index (χ0n) is 10.0. The van der Waals surface area contributed by atoms with Gasteiger partial charge in [-0.15, -0.1) is 0 Å². The smallest absolute Gasteiger partial charge is 0.186 e. The summed E-state index contributed by atoms with van der Waals surface area (Å²) in [6.45, 7) is 1.77. The van der Waals surface area contributed by atoms with Crippen molar-refractivity contribution in [2.75, 3.05) is 0 Å². The molecule has 0 unspecified atom stereocenters. The van der Waals surface area contributed by atoms with Crippen molar-refractivity contribution in [1.82, 2.24) is 9.97 Å². The van der Waals surface area contributed by atoms with Crippen LogP contribution < -0.4 is 0 Å². The highest BCUT2D eigenvalue weighted by atomic mass is 19.2. The quantitative estimate of drug-likeness (QED) is 0.703. The number of halogens is 2. The Labute approximate surface area is 107 Å². The van der Waals surface area contributed by atoms with Gasteiger partial charge in [-0.1, -0.05) is 12.1 Å². The summed E-state index contributed by atoms with van der Waals surface area (Å²) in [5.74, 6) is -1.40. The Morgan fingerprint density at radius 2 is 1.95 bits per heavy atom. The van der Waals surface area contributed by atoms with E-state index in [1.165, 1.54) is 12.1 Å². The molecule has 96 valence electrons. The van der Waals surface area contributed by atoms with Gasteiger partial charge in [0.15, 0.2) is 11.6 Å². The lowest BCUT2D eigenvalue weighted by atomic mass is 10.1. The van der Waals surface area contributed by atoms with Gasteiger partial charge in [0.1, 0.15) is 17.1 Å². The number of aromatic hydroxyl groups is 1. The van der Waals surface area contributed by atoms with Gasteiger partial charge in [-0.05, 0) is 30.7 Å². The Morgan fingerprint density at radius 1 is 1.16 bits per heavy atom. The van der Waals surface area contributed by atoms with Crippen molar-refractivity contribution in [3.8, 4) is 17.1 Å². The highest BCUT2D eigenvalue weighted by Gasteiger charge is 2.13. The van der Waals surface area contributed by atoms with Crippen molar-refractivity contribution in [2.24, 2.45) is 0 Å². The van der Waals surface area contributed by atoms with Crippen molar-refractivity contribution >= 4 is 11.0 Å². The van der Waals surface area contributed by atoms with Crippen molar-refractivity contribution < 1.29 is 13.9 Å². The van der Waals surface area contributed by atoms with E-state index in [4.69, 9.17) is 0 Å². The van der Waals surface area contributed by atoms with E-state index in [-0.39, 0.29) is 11.3 Å². The maximum atomic E-state index is 13.6. The molecule has 0 aliphatic heterocycles. The molecule has 1 aromatic heterocycles. The van der Waals surface area contributed by atoms with Crippen LogP contribution in [0.15, 0.2) is 30.3 Å². The molecular weight excluding hydrogens is 250 g/mol. The number of nitrogens with one attached hydrogen (secondary N) is 1. The largest absolute Gasteiger partial charge is 0.508 e. The third-order valence-electron chi connectivity index (χ3n) is 3.03. The summed E-state index contributed by atoms with van der Waals surface area (Å²) < 4.78 is 26.7. The highest BCUT2D eigenvalue weighted by Crippen LogP contribution is 2.27. The minimum atomic E-state index is -0.976. The number of H-pyrrole nitrogens is 1. The maximum absolute atomic E-state index is 13.6. The molecule has 0 radical (unpaired) electrons. The zero-order chi connectivity index (χ0) is 13.6. The molecule has 3 rings (SSSR count). The first kappa shape index (κ1) is 11.6. The summed E-state index contributed by atoms with van der Waals surface area (Å²) >= 11 is 0. The summed E-state index contributed by atoms with van der Waals surface area (Å²) in [5, 5.41) is 9.66. The average molecular weight is 260 g/mol. The van der Waals surface area contributed by atoms with Gasteiger partial charge in [0.2, 0.25) is 0 Å². The lowest BCUT2D eigenvalue weighted by Crippen LogP contribution is -1.84. The summed E-state index contributed by atoms with van der Waals surface area (Å²) in [4.78, 5) is 6.93. The second-order valence-corrected chi connectivity index (χ2v) is 4.34. The van der Waals surface area contributed by atoms with Crippen LogP contribution in [0, 0.1) is 18.6 Å². The van der Waals surface area contributed by atoms with E-state index in [9.17, 15) is 13.9 Å². The molecule has 3 aromatic rings. The Hall–Kier alpha value is -2.43. The molecule has 1 heterocycles. The summed E-state index contributed by atoms with van der Waals surface area (Å²) in [7, 11) is 0. The fourth-order valence-corrected chi connectivity index (χ4v) is 1.91. The van der Waals surface area contributed by atoms with Crippen molar-refractivity contribution in [2.45, 2.75) is 6.92 Å². The number of phenolic OH excluding ortho intramolecular Hbond substituents is 1. The number of rotatable bonds is 1. The summed E-state index contributed by atoms with van der Waals surface area (Å²) in [6.07, 6.45) is 0. The molecule has 0 aliphatic rings. The van der Waals surface area contributed by atoms with Gasteiger partial charge < -0.3 is 10.1 Å². The van der Waals surface area contributed by atoms with E-state index >= 15 is 0 Å². The normalized spacial score (nSPS) is 11.1. The van der Waals surface area contributed by atoms with Crippen molar-refractivity contribution in [1.29, 1.82) is 0 Å². The SMILES string of the molecule is Cc1ccc(-c2nc3c(F)c(F)ccc3[nH]2)cc1O. The second kappa shape index (κ2) is 4.05. The van der Waals surface area contributed by atoms with Gasteiger partial charge in [-0.3, -0.25) is 0 Å². The van der Waals surface area contributed by atoms with Crippen LogP contribution in [0.5, 0.6) is 5.75 Å². The van der Waals surface area contributed by atoms with Crippen LogP contribution in [0.25, 0.3) is 22.4 Å². The Kier molecular flexibility index (Phi) is 2.48. The number of fused-ring (bicyclic) bond motifs is 1. The molecule has 0 aliphatic carbocycles. The minimum Gasteiger partial charge on any atom is -0.508 e. The summed E-state index contributed by atoms with van der Waals surface area (Å²) in [6, 6.07) is 7.49. The molecule has 19 heavy (non-hydrogen) atoms. The van der Waals surface area contributed by atoms with E-state index < -0.39 is 11.6 Å². The van der Waals surface area contributed by atoms with Crippen LogP contribution in [-0.4, -0.2) is 15.1 Å². The van der Waals surface area contributed by atoms with Gasteiger partial charge in [-0.25, -0.2) is 13.8 Å². The van der Waals surface area contributed by atoms with Gasteiger partial charge in [-0.2, -0.15) is 0 Å². The first-order valence-electron chi connectivity index (χ1n) is 5.70. The molecule has 0 spiro atoms. The monoisotopic (exact) mass is 260 g/mol. The number of nitrogens with zero attached hydrogens (tertiary/aromatic N) is 1. The van der Waals surface area contributed by atoms with Crippen LogP contribution in [0.3, 0.4) is 0 Å². The molecule has 3 nitrogen and oxygen atoms in total. The molecule has 0 fully saturated rings. The molecule has 2 N–H and O–H groups in total. The molecule has 2 aromatic carbocycles. The van der Waals surface area contributed by atoms with Crippen LogP contribution in [0.4, 0.5) is 8.78 Å². The second-order valence-electron chi connectivity index (χ2n) is 4.34. The van der Waals surface area contributed by atoms with Gasteiger partial charge in [0, 0.05) is 5.56 Å². The molecular formula is C14H10F2N2O. The third kappa shape index (κ3) is 1.83. The number of aromatic nitrogens is 2. The van der Waals surface area contributed by atoms with E-state index in [0.29, 0.717) is 16.9 Å². The average Bonchev–Trinajstić information content (AvgIpc) is 2.82. The molecule has 0 bridgehead atoms. The van der Waals surface area contributed by atoms with E-state index in [1.807, 2.05) is 0 Å². The number of phenols is 1. The first-order valence-corrected chi connectivity index (χ1v) is 5.70. The number of hydrogen-bond donors (Lipinski definition) is 2. The van der Waals surface area contributed by atoms with E-state index in [0.717, 1.165) is 11.6 Å². The topological polar surface area (TPSA) is 48.9 Å². The Balaban J connectivity index is 2.20. The number of benzene rings is 2. The van der Waals surface area contributed by atoms with Crippen LogP contribution in [0.1, 0.15) is 5.56 Å². The third-order valence-corrected chi connectivity index (χ3v) is 3.03. The number of aromatic amines is 1. The predicted octanol–water partition coefficient (Wildman–Crippen LogP) is 3.52. The molecule has 0 saturated heterocycles. The minimum absolute atomic E-state index is 0.0462. The van der Waals surface area contributed by atoms with Gasteiger partial charge >= 0.3 is 0 Å². The van der Waals surface area contributed by atoms with Crippen LogP contribution >= 0.6 is 0 Å². The van der Waals surface area contributed by atoms with Crippen LogP contribution in [0.2, 0.25) is 0 Å². The van der Waals surface area contributed by atoms with E-state index in [2.05, 4.69) is 9.97 Å². The molecule has 0 atom stereocenters. The Bertz CT molecular complexity index is 780. The fourth-order valence-electron chi connectivity index (χ4n) is 1.91. The zero-order valence-corrected chi connectivity index (χ0v) is 10.0. The van der Waals surface area contributed by atoms with Crippen molar-refractivity contribution in [3.63, 3.8) is 0 Å². The van der Waals surface area contributed by atoms with Gasteiger partial charge in [0.05, 0.1) is 5.52 Å². The fraction of sp³-hybridized carbons (Fsp3) is 0.0714. The van der Waals surface area contributed by atoms with Crippen molar-refractivity contribution in [3.05, 3.63) is 47.5 Å². The van der Waals surface area contributed by atoms with Gasteiger partial charge in [0.25, 0.3) is 0 Å². The lowest BCUT2D eigenvalue weighted by Gasteiger charge is -2.00. The first-order chi connectivity index (χ1) is 9.06. The molecule has 0 saturated carbocycles. The number of hydrogen-bond acceptors (Lipinski definition) is 2. The maximum Gasteiger partial charge on any atom is 0.186 e. The highest BCUT2D eigenvalue weighted by molar-refractivity contribution is 5.80. The van der Waals surface area contributed by atoms with Crippen LogP contribution in [-0.2, 0) is 0 Å². The molecule has 5 heteroatoms. The van der Waals surface area contributed by atoms with E-state index in [1.54, 1.807) is 19.1 Å². The standard InChI is InChI=1S/C14H10F2N2O/c1-7-2-3-8(6-11(7)19)14-17-10-5-4-9(15)12(16)13(10)18-14/h2-6,19H,1H3,(H,17,18). The molecule has 0 amide bonds. The lowest BCUT2D eigenvalue weighted by molar-refractivity contribution is 0.471. The summed E-state index contributed by atoms with van der Waals surface area (Å²) in [5.41, 5.74) is 1.71. The number of aryl methyl sites for hydroxylation is 1. The Morgan fingerprint density at radius 3 is 2.68 bits per heavy atom.